The van der Waals surface area contributed by atoms with Gasteiger partial charge in [0.2, 0.25) is 0 Å². The van der Waals surface area contributed by atoms with Crippen molar-refractivity contribution in [2.24, 2.45) is 0 Å². The Bertz CT molecular complexity index is 464. The molecule has 1 heterocycles. The third kappa shape index (κ3) is 5.48. The number of rotatable bonds is 7. The van der Waals surface area contributed by atoms with Crippen molar-refractivity contribution < 1.29 is 14.3 Å². The molecule has 0 aromatic heterocycles. The topological polar surface area (TPSA) is 59.6 Å². The van der Waals surface area contributed by atoms with Crippen LogP contribution in [0.4, 0.5) is 0 Å². The van der Waals surface area contributed by atoms with Gasteiger partial charge < -0.3 is 20.1 Å². The van der Waals surface area contributed by atoms with E-state index in [1.54, 1.807) is 6.07 Å². The molecule has 2 N–H and O–H groups in total. The summed E-state index contributed by atoms with van der Waals surface area (Å²) in [5.74, 6) is 0.502. The molecule has 0 bridgehead atoms. The number of ether oxygens (including phenoxy) is 2. The maximum atomic E-state index is 12.2. The smallest absolute Gasteiger partial charge is 0.255 e. The van der Waals surface area contributed by atoms with Crippen LogP contribution in [0.2, 0.25) is 0 Å². The molecule has 1 saturated heterocycles. The highest BCUT2D eigenvalue weighted by atomic mass is 35.5. The zero-order valence-electron chi connectivity index (χ0n) is 13.1. The maximum Gasteiger partial charge on any atom is 0.255 e. The van der Waals surface area contributed by atoms with Crippen LogP contribution in [0.5, 0.6) is 5.75 Å². The number of para-hydroxylation sites is 1. The first-order valence-corrected chi connectivity index (χ1v) is 7.49. The molecule has 1 aliphatic rings. The van der Waals surface area contributed by atoms with Gasteiger partial charge in [0.25, 0.3) is 5.91 Å². The summed E-state index contributed by atoms with van der Waals surface area (Å²) < 4.78 is 11.3. The van der Waals surface area contributed by atoms with Gasteiger partial charge in [0, 0.05) is 19.2 Å². The van der Waals surface area contributed by atoms with E-state index in [1.165, 1.54) is 0 Å². The van der Waals surface area contributed by atoms with Crippen LogP contribution in [-0.2, 0) is 4.74 Å². The van der Waals surface area contributed by atoms with Crippen molar-refractivity contribution in [1.82, 2.24) is 10.6 Å². The molecule has 0 aliphatic carbocycles. The summed E-state index contributed by atoms with van der Waals surface area (Å²) in [4.78, 5) is 12.2. The predicted molar refractivity (Wildman–Crippen MR) is 89.0 cm³/mol. The lowest BCUT2D eigenvalue weighted by Crippen LogP contribution is -2.37. The summed E-state index contributed by atoms with van der Waals surface area (Å²) in [6.07, 6.45) is 2.25. The van der Waals surface area contributed by atoms with Crippen LogP contribution in [0, 0.1) is 0 Å². The first kappa shape index (κ1) is 18.7. The van der Waals surface area contributed by atoms with Crippen molar-refractivity contribution in [3.63, 3.8) is 0 Å². The fraction of sp³-hybridized carbons (Fsp3) is 0.562. The Labute approximate surface area is 138 Å². The maximum absolute atomic E-state index is 12.2. The Balaban J connectivity index is 0.00000242. The van der Waals surface area contributed by atoms with Crippen LogP contribution in [0.3, 0.4) is 0 Å². The predicted octanol–water partition coefficient (Wildman–Crippen LogP) is 2.00. The first-order chi connectivity index (χ1) is 10.2. The average Bonchev–Trinajstić information content (AvgIpc) is 3.04. The van der Waals surface area contributed by atoms with Crippen LogP contribution in [0.25, 0.3) is 0 Å². The molecule has 124 valence electrons. The van der Waals surface area contributed by atoms with E-state index in [4.69, 9.17) is 9.47 Å². The van der Waals surface area contributed by atoms with Gasteiger partial charge in [-0.25, -0.2) is 0 Å². The van der Waals surface area contributed by atoms with E-state index in [0.717, 1.165) is 19.4 Å². The molecule has 2 rings (SSSR count). The summed E-state index contributed by atoms with van der Waals surface area (Å²) in [5.41, 5.74) is 0.568. The number of amides is 1. The van der Waals surface area contributed by atoms with Crippen LogP contribution in [-0.4, -0.2) is 44.9 Å². The van der Waals surface area contributed by atoms with Crippen LogP contribution >= 0.6 is 12.4 Å². The molecule has 0 spiro atoms. The quantitative estimate of drug-likeness (QED) is 0.804. The summed E-state index contributed by atoms with van der Waals surface area (Å²) in [5, 5.41) is 5.99. The molecule has 0 radical (unpaired) electrons. The third-order valence-electron chi connectivity index (χ3n) is 3.64. The van der Waals surface area contributed by atoms with Gasteiger partial charge in [0.1, 0.15) is 12.4 Å². The van der Waals surface area contributed by atoms with Gasteiger partial charge in [-0.15, -0.1) is 12.4 Å². The first-order valence-electron chi connectivity index (χ1n) is 7.49. The SMILES string of the molecule is CNC(C)CNC(=O)c1ccccc1OCC1CCCO1.Cl. The van der Waals surface area contributed by atoms with E-state index in [-0.39, 0.29) is 30.5 Å². The molecular weight excluding hydrogens is 304 g/mol. The number of carbonyl (C=O) groups excluding carboxylic acids is 1. The summed E-state index contributed by atoms with van der Waals surface area (Å²) >= 11 is 0. The molecule has 1 amide bonds. The van der Waals surface area contributed by atoms with E-state index < -0.39 is 0 Å². The van der Waals surface area contributed by atoms with Crippen molar-refractivity contribution in [2.75, 3.05) is 26.8 Å². The molecule has 1 aliphatic heterocycles. The van der Waals surface area contributed by atoms with Crippen molar-refractivity contribution >= 4 is 18.3 Å². The Hall–Kier alpha value is -1.30. The molecule has 0 saturated carbocycles. The van der Waals surface area contributed by atoms with Crippen LogP contribution in [0.15, 0.2) is 24.3 Å². The molecule has 1 fully saturated rings. The summed E-state index contributed by atoms with van der Waals surface area (Å²) in [7, 11) is 1.87. The van der Waals surface area contributed by atoms with E-state index in [9.17, 15) is 4.79 Å². The van der Waals surface area contributed by atoms with Gasteiger partial charge in [-0.2, -0.15) is 0 Å². The zero-order valence-corrected chi connectivity index (χ0v) is 13.9. The van der Waals surface area contributed by atoms with Gasteiger partial charge in [-0.1, -0.05) is 12.1 Å². The standard InChI is InChI=1S/C16H24N2O3.ClH/c1-12(17-2)10-18-16(19)14-7-3-4-8-15(14)21-11-13-6-5-9-20-13;/h3-4,7-8,12-13,17H,5-6,9-11H2,1-2H3,(H,18,19);1H. The van der Waals surface area contributed by atoms with Gasteiger partial charge >= 0.3 is 0 Å². The monoisotopic (exact) mass is 328 g/mol. The minimum Gasteiger partial charge on any atom is -0.490 e. The molecule has 1 aromatic rings. The number of carbonyl (C=O) groups is 1. The Morgan fingerprint density at radius 1 is 1.45 bits per heavy atom. The van der Waals surface area contributed by atoms with Crippen LogP contribution < -0.4 is 15.4 Å². The van der Waals surface area contributed by atoms with Gasteiger partial charge in [-0.05, 0) is 38.9 Å². The van der Waals surface area contributed by atoms with E-state index >= 15 is 0 Å². The molecular formula is C16H25ClN2O3. The van der Waals surface area contributed by atoms with E-state index in [1.807, 2.05) is 32.2 Å². The highest BCUT2D eigenvalue weighted by Crippen LogP contribution is 2.20. The molecule has 2 atom stereocenters. The van der Waals surface area contributed by atoms with Gasteiger partial charge in [0.15, 0.2) is 0 Å². The number of benzene rings is 1. The third-order valence-corrected chi connectivity index (χ3v) is 3.64. The van der Waals surface area contributed by atoms with Crippen molar-refractivity contribution in [1.29, 1.82) is 0 Å². The second-order valence-corrected chi connectivity index (χ2v) is 5.34. The number of nitrogens with one attached hydrogen (secondary N) is 2. The lowest BCUT2D eigenvalue weighted by molar-refractivity contribution is 0.0670. The van der Waals surface area contributed by atoms with Gasteiger partial charge in [0.05, 0.1) is 11.7 Å². The lowest BCUT2D eigenvalue weighted by atomic mass is 10.2. The number of hydrogen-bond acceptors (Lipinski definition) is 4. The normalized spacial score (nSPS) is 18.4. The highest BCUT2D eigenvalue weighted by Gasteiger charge is 2.18. The second-order valence-electron chi connectivity index (χ2n) is 5.34. The minimum atomic E-state index is -0.111. The Kier molecular flexibility index (Phi) is 8.24. The summed E-state index contributed by atoms with van der Waals surface area (Å²) in [6.45, 7) is 3.89. The van der Waals surface area contributed by atoms with Gasteiger partial charge in [-0.3, -0.25) is 4.79 Å². The zero-order chi connectivity index (χ0) is 15.1. The van der Waals surface area contributed by atoms with E-state index in [0.29, 0.717) is 24.5 Å². The molecule has 1 aromatic carbocycles. The number of halogens is 1. The van der Waals surface area contributed by atoms with Crippen molar-refractivity contribution in [3.8, 4) is 5.75 Å². The Morgan fingerprint density at radius 3 is 2.91 bits per heavy atom. The fourth-order valence-electron chi connectivity index (χ4n) is 2.18. The van der Waals surface area contributed by atoms with Crippen LogP contribution in [0.1, 0.15) is 30.1 Å². The second kappa shape index (κ2) is 9.66. The van der Waals surface area contributed by atoms with E-state index in [2.05, 4.69) is 10.6 Å². The van der Waals surface area contributed by atoms with Crippen molar-refractivity contribution in [2.45, 2.75) is 31.9 Å². The highest BCUT2D eigenvalue weighted by molar-refractivity contribution is 5.96. The Morgan fingerprint density at radius 2 is 2.23 bits per heavy atom. The minimum absolute atomic E-state index is 0. The molecule has 22 heavy (non-hydrogen) atoms. The molecule has 6 heteroatoms. The summed E-state index contributed by atoms with van der Waals surface area (Å²) in [6, 6.07) is 7.55. The number of hydrogen-bond donors (Lipinski definition) is 2. The largest absolute Gasteiger partial charge is 0.490 e. The average molecular weight is 329 g/mol. The fourth-order valence-corrected chi connectivity index (χ4v) is 2.18. The molecule has 5 nitrogen and oxygen atoms in total. The van der Waals surface area contributed by atoms with Crippen molar-refractivity contribution in [3.05, 3.63) is 29.8 Å². The number of likely N-dealkylation sites (N-methyl/N-ethyl adjacent to an activating group) is 1. The molecule has 2 unspecified atom stereocenters. The lowest BCUT2D eigenvalue weighted by Gasteiger charge is -2.15.